The summed E-state index contributed by atoms with van der Waals surface area (Å²) in [4.78, 5) is 18.6. The molecule has 0 radical (unpaired) electrons. The van der Waals surface area contributed by atoms with Crippen molar-refractivity contribution in [2.45, 2.75) is 0 Å². The van der Waals surface area contributed by atoms with Crippen molar-refractivity contribution in [2.75, 3.05) is 32.6 Å². The number of nitrogens with zero attached hydrogens (tertiary/aromatic N) is 2. The van der Waals surface area contributed by atoms with E-state index in [1.807, 2.05) is 31.1 Å². The molecular weight excluding hydrogens is 404 g/mol. The highest BCUT2D eigenvalue weighted by Crippen LogP contribution is 2.30. The van der Waals surface area contributed by atoms with Gasteiger partial charge in [0.05, 0.1) is 21.8 Å². The molecule has 0 fully saturated rings. The van der Waals surface area contributed by atoms with Crippen LogP contribution in [0.2, 0.25) is 5.02 Å². The second kappa shape index (κ2) is 9.68. The predicted molar refractivity (Wildman–Crippen MR) is 113 cm³/mol. The van der Waals surface area contributed by atoms with E-state index in [4.69, 9.17) is 16.3 Å². The standard InChI is InChI=1S/C20H19ClFN3O2.ClH/c1-25(2)10-11-27-20(26)15-12-13(22)6-7-17(15)24-18-8-9-23-19-14(18)4-3-5-16(19)21;/h3-9,12H,10-11H2,1-2H3,(H,23,24);1H. The van der Waals surface area contributed by atoms with Crippen LogP contribution < -0.4 is 5.32 Å². The van der Waals surface area contributed by atoms with Crippen molar-refractivity contribution >= 4 is 52.3 Å². The molecule has 0 atom stereocenters. The lowest BCUT2D eigenvalue weighted by molar-refractivity contribution is 0.0482. The smallest absolute Gasteiger partial charge is 0.340 e. The molecule has 148 valence electrons. The van der Waals surface area contributed by atoms with Gasteiger partial charge >= 0.3 is 5.97 Å². The minimum absolute atomic E-state index is 0. The molecule has 1 heterocycles. The quantitative estimate of drug-likeness (QED) is 0.570. The highest BCUT2D eigenvalue weighted by atomic mass is 35.5. The SMILES string of the molecule is CN(C)CCOC(=O)c1cc(F)ccc1Nc1ccnc2c(Cl)cccc12.Cl. The molecule has 2 aromatic carbocycles. The average molecular weight is 424 g/mol. The molecule has 5 nitrogen and oxygen atoms in total. The molecular formula is C20H20Cl2FN3O2. The van der Waals surface area contributed by atoms with Crippen molar-refractivity contribution < 1.29 is 13.9 Å². The molecule has 0 bridgehead atoms. The molecule has 3 aromatic rings. The van der Waals surface area contributed by atoms with E-state index < -0.39 is 11.8 Å². The summed E-state index contributed by atoms with van der Waals surface area (Å²) in [6.45, 7) is 0.799. The Morgan fingerprint density at radius 2 is 2.00 bits per heavy atom. The first-order valence-corrected chi connectivity index (χ1v) is 8.75. The average Bonchev–Trinajstić information content (AvgIpc) is 2.63. The second-order valence-corrected chi connectivity index (χ2v) is 6.66. The zero-order valence-corrected chi connectivity index (χ0v) is 17.0. The molecule has 0 amide bonds. The van der Waals surface area contributed by atoms with Gasteiger partial charge in [-0.2, -0.15) is 0 Å². The lowest BCUT2D eigenvalue weighted by Gasteiger charge is -2.15. The molecule has 0 spiro atoms. The summed E-state index contributed by atoms with van der Waals surface area (Å²) in [5, 5.41) is 4.49. The third-order valence-electron chi connectivity index (χ3n) is 3.96. The molecule has 1 aromatic heterocycles. The number of likely N-dealkylation sites (N-methyl/N-ethyl adjacent to an activating group) is 1. The van der Waals surface area contributed by atoms with Crippen molar-refractivity contribution in [1.29, 1.82) is 0 Å². The van der Waals surface area contributed by atoms with Crippen molar-refractivity contribution in [2.24, 2.45) is 0 Å². The van der Waals surface area contributed by atoms with Gasteiger partial charge < -0.3 is 15.0 Å². The van der Waals surface area contributed by atoms with Crippen LogP contribution in [-0.2, 0) is 4.74 Å². The summed E-state index contributed by atoms with van der Waals surface area (Å²) < 4.78 is 19.0. The number of carbonyl (C=O) groups is 1. The van der Waals surface area contributed by atoms with Crippen LogP contribution in [0.1, 0.15) is 10.4 Å². The normalized spacial score (nSPS) is 10.6. The first kappa shape index (κ1) is 21.9. The second-order valence-electron chi connectivity index (χ2n) is 6.25. The van der Waals surface area contributed by atoms with Crippen molar-refractivity contribution in [1.82, 2.24) is 9.88 Å². The van der Waals surface area contributed by atoms with E-state index in [-0.39, 0.29) is 24.6 Å². The van der Waals surface area contributed by atoms with Crippen LogP contribution in [0.25, 0.3) is 10.9 Å². The summed E-state index contributed by atoms with van der Waals surface area (Å²) >= 11 is 6.20. The highest BCUT2D eigenvalue weighted by Gasteiger charge is 2.16. The van der Waals surface area contributed by atoms with Crippen molar-refractivity contribution in [3.05, 3.63) is 65.1 Å². The number of rotatable bonds is 6. The van der Waals surface area contributed by atoms with E-state index >= 15 is 0 Å². The number of carbonyl (C=O) groups excluding carboxylic acids is 1. The number of esters is 1. The van der Waals surface area contributed by atoms with Gasteiger partial charge in [0.1, 0.15) is 12.4 Å². The highest BCUT2D eigenvalue weighted by molar-refractivity contribution is 6.35. The topological polar surface area (TPSA) is 54.5 Å². The number of pyridine rings is 1. The number of halogens is 3. The van der Waals surface area contributed by atoms with Gasteiger partial charge in [-0.15, -0.1) is 12.4 Å². The van der Waals surface area contributed by atoms with E-state index in [9.17, 15) is 9.18 Å². The molecule has 0 unspecified atom stereocenters. The Kier molecular flexibility index (Phi) is 7.57. The number of hydrogen-bond donors (Lipinski definition) is 1. The molecule has 0 saturated carbocycles. The molecule has 0 aliphatic heterocycles. The Balaban J connectivity index is 0.00000280. The van der Waals surface area contributed by atoms with Crippen LogP contribution >= 0.6 is 24.0 Å². The fourth-order valence-electron chi connectivity index (χ4n) is 2.59. The molecule has 0 aliphatic carbocycles. The molecule has 8 heteroatoms. The first-order valence-electron chi connectivity index (χ1n) is 8.37. The molecule has 0 saturated heterocycles. The fraction of sp³-hybridized carbons (Fsp3) is 0.200. The Morgan fingerprint density at radius 3 is 2.75 bits per heavy atom. The van der Waals surface area contributed by atoms with Crippen molar-refractivity contribution in [3.63, 3.8) is 0 Å². The third kappa shape index (κ3) is 5.10. The number of anilines is 2. The van der Waals surface area contributed by atoms with Crippen LogP contribution in [0.4, 0.5) is 15.8 Å². The van der Waals surface area contributed by atoms with E-state index in [0.717, 1.165) is 11.5 Å². The molecule has 28 heavy (non-hydrogen) atoms. The summed E-state index contributed by atoms with van der Waals surface area (Å²) in [6.07, 6.45) is 1.62. The lowest BCUT2D eigenvalue weighted by Crippen LogP contribution is -2.20. The fourth-order valence-corrected chi connectivity index (χ4v) is 2.81. The summed E-state index contributed by atoms with van der Waals surface area (Å²) in [5.41, 5.74) is 1.91. The minimum Gasteiger partial charge on any atom is -0.461 e. The van der Waals surface area contributed by atoms with Crippen LogP contribution in [0, 0.1) is 5.82 Å². The number of fused-ring (bicyclic) bond motifs is 1. The number of hydrogen-bond acceptors (Lipinski definition) is 5. The lowest BCUT2D eigenvalue weighted by atomic mass is 10.1. The first-order chi connectivity index (χ1) is 13.0. The number of nitrogens with one attached hydrogen (secondary N) is 1. The molecule has 1 N–H and O–H groups in total. The van der Waals surface area contributed by atoms with Gasteiger partial charge in [0.15, 0.2) is 0 Å². The number of aromatic nitrogens is 1. The Hall–Kier alpha value is -2.41. The minimum atomic E-state index is -0.588. The summed E-state index contributed by atoms with van der Waals surface area (Å²) in [7, 11) is 3.76. The number of benzene rings is 2. The zero-order chi connectivity index (χ0) is 19.4. The number of ether oxygens (including phenoxy) is 1. The Labute approximate surface area is 173 Å². The summed E-state index contributed by atoms with van der Waals surface area (Å²) in [6, 6.07) is 11.2. The predicted octanol–water partition coefficient (Wildman–Crippen LogP) is 4.91. The molecule has 0 aliphatic rings. The van der Waals surface area contributed by atoms with Crippen LogP contribution in [0.3, 0.4) is 0 Å². The molecule has 3 rings (SSSR count). The third-order valence-corrected chi connectivity index (χ3v) is 4.27. The van der Waals surface area contributed by atoms with Gasteiger partial charge in [0, 0.05) is 23.8 Å². The largest absolute Gasteiger partial charge is 0.461 e. The zero-order valence-electron chi connectivity index (χ0n) is 15.4. The van der Waals surface area contributed by atoms with Gasteiger partial charge in [0.2, 0.25) is 0 Å². The van der Waals surface area contributed by atoms with Gasteiger partial charge in [-0.05, 0) is 44.4 Å². The van der Waals surface area contributed by atoms with E-state index in [1.165, 1.54) is 12.1 Å². The van der Waals surface area contributed by atoms with Gasteiger partial charge in [0.25, 0.3) is 0 Å². The van der Waals surface area contributed by atoms with E-state index in [0.29, 0.717) is 28.5 Å². The maximum Gasteiger partial charge on any atom is 0.340 e. The van der Waals surface area contributed by atoms with Crippen LogP contribution in [-0.4, -0.2) is 43.1 Å². The van der Waals surface area contributed by atoms with Crippen LogP contribution in [0.5, 0.6) is 0 Å². The number of para-hydroxylation sites is 1. The van der Waals surface area contributed by atoms with Crippen molar-refractivity contribution in [3.8, 4) is 0 Å². The van der Waals surface area contributed by atoms with Gasteiger partial charge in [-0.3, -0.25) is 4.98 Å². The van der Waals surface area contributed by atoms with Gasteiger partial charge in [-0.25, -0.2) is 9.18 Å². The maximum absolute atomic E-state index is 13.7. The van der Waals surface area contributed by atoms with Gasteiger partial charge in [-0.1, -0.05) is 23.7 Å². The monoisotopic (exact) mass is 423 g/mol. The Bertz CT molecular complexity index is 983. The van der Waals surface area contributed by atoms with E-state index in [1.54, 1.807) is 18.3 Å². The van der Waals surface area contributed by atoms with Crippen LogP contribution in [0.15, 0.2) is 48.7 Å². The van der Waals surface area contributed by atoms with E-state index in [2.05, 4.69) is 10.3 Å². The maximum atomic E-state index is 13.7. The Morgan fingerprint density at radius 1 is 1.21 bits per heavy atom. The summed E-state index contributed by atoms with van der Waals surface area (Å²) in [5.74, 6) is -1.10.